The minimum absolute atomic E-state index is 0.0880. The van der Waals surface area contributed by atoms with Crippen molar-refractivity contribution in [3.05, 3.63) is 48.6 Å². The summed E-state index contributed by atoms with van der Waals surface area (Å²) in [5.41, 5.74) is 0. The number of hydrogen-bond donors (Lipinski definition) is 0. The molecule has 0 saturated carbocycles. The van der Waals surface area contributed by atoms with Crippen LogP contribution in [0.15, 0.2) is 48.6 Å². The van der Waals surface area contributed by atoms with Crippen molar-refractivity contribution in [1.82, 2.24) is 0 Å². The molecule has 0 saturated heterocycles. The average Bonchev–Trinajstić information content (AvgIpc) is 3.22. The maximum atomic E-state index is 12.7. The summed E-state index contributed by atoms with van der Waals surface area (Å²) in [5.74, 6) is -0.929. The summed E-state index contributed by atoms with van der Waals surface area (Å²) in [7, 11) is 0. The Morgan fingerprint density at radius 1 is 0.362 bits per heavy atom. The van der Waals surface area contributed by atoms with E-state index in [-0.39, 0.29) is 37.5 Å². The van der Waals surface area contributed by atoms with Crippen molar-refractivity contribution in [1.29, 1.82) is 0 Å². The second-order valence-electron chi connectivity index (χ2n) is 16.3. The van der Waals surface area contributed by atoms with Crippen LogP contribution in [0.1, 0.15) is 245 Å². The quantitative estimate of drug-likeness (QED) is 0.0264. The topological polar surface area (TPSA) is 78.9 Å². The SMILES string of the molecule is CC/C=C\C/C=C\C/C=C\CCCCC(=O)OC(COC(=O)CCCCCCCCC/C=C\CCCCCCCC)COC(=O)CCCCCCCCCCCCC. The van der Waals surface area contributed by atoms with Crippen LogP contribution in [0.2, 0.25) is 0 Å². The number of ether oxygens (including phenoxy) is 3. The number of unbranched alkanes of at least 4 members (excludes halogenated alkanes) is 25. The molecule has 336 valence electrons. The van der Waals surface area contributed by atoms with E-state index in [4.69, 9.17) is 14.2 Å². The Hall–Kier alpha value is -2.63. The van der Waals surface area contributed by atoms with E-state index in [0.717, 1.165) is 70.6 Å². The first-order valence-electron chi connectivity index (χ1n) is 24.6. The van der Waals surface area contributed by atoms with Gasteiger partial charge in [0, 0.05) is 19.3 Å². The summed E-state index contributed by atoms with van der Waals surface area (Å²) in [6, 6.07) is 0. The molecule has 1 atom stereocenters. The van der Waals surface area contributed by atoms with Crippen LogP contribution < -0.4 is 0 Å². The van der Waals surface area contributed by atoms with Crippen molar-refractivity contribution in [2.24, 2.45) is 0 Å². The van der Waals surface area contributed by atoms with Gasteiger partial charge >= 0.3 is 17.9 Å². The predicted molar refractivity (Wildman–Crippen MR) is 247 cm³/mol. The Balaban J connectivity index is 4.37. The molecular formula is C52H92O6. The molecule has 0 spiro atoms. The third-order valence-corrected chi connectivity index (χ3v) is 10.6. The van der Waals surface area contributed by atoms with Gasteiger partial charge in [-0.05, 0) is 77.0 Å². The first-order valence-corrected chi connectivity index (χ1v) is 24.6. The van der Waals surface area contributed by atoms with Crippen molar-refractivity contribution in [3.63, 3.8) is 0 Å². The van der Waals surface area contributed by atoms with Crippen LogP contribution in [-0.2, 0) is 28.6 Å². The Kier molecular flexibility index (Phi) is 44.9. The Bertz CT molecular complexity index is 1030. The van der Waals surface area contributed by atoms with Gasteiger partial charge in [0.2, 0.25) is 0 Å². The second-order valence-corrected chi connectivity index (χ2v) is 16.3. The summed E-state index contributed by atoms with van der Waals surface area (Å²) < 4.78 is 16.7. The largest absolute Gasteiger partial charge is 0.462 e. The highest BCUT2D eigenvalue weighted by atomic mass is 16.6. The van der Waals surface area contributed by atoms with E-state index in [0.29, 0.717) is 19.3 Å². The van der Waals surface area contributed by atoms with Gasteiger partial charge in [-0.1, -0.05) is 198 Å². The van der Waals surface area contributed by atoms with E-state index >= 15 is 0 Å². The molecule has 0 aromatic carbocycles. The maximum Gasteiger partial charge on any atom is 0.306 e. The Labute approximate surface area is 358 Å². The molecule has 0 aromatic heterocycles. The molecule has 0 aliphatic heterocycles. The number of allylic oxidation sites excluding steroid dienone is 8. The standard InChI is InChI=1S/C52H92O6/c1-4-7-10-13-16-19-22-24-25-26-27-28-31-33-36-39-42-45-51(54)57-48-49(47-56-50(53)44-41-38-35-32-29-21-18-15-12-9-6-3)58-52(55)46-43-40-37-34-30-23-20-17-14-11-8-5-2/h8,11,17,20,24-25,30,34,49H,4-7,9-10,12-16,18-19,21-23,26-29,31-33,35-48H2,1-3H3/b11-8-,20-17-,25-24-,34-30-. The molecule has 0 amide bonds. The third-order valence-electron chi connectivity index (χ3n) is 10.6. The molecule has 0 bridgehead atoms. The Morgan fingerprint density at radius 2 is 0.672 bits per heavy atom. The summed E-state index contributed by atoms with van der Waals surface area (Å²) in [5, 5.41) is 0. The minimum Gasteiger partial charge on any atom is -0.462 e. The number of carbonyl (C=O) groups excluding carboxylic acids is 3. The zero-order chi connectivity index (χ0) is 42.3. The molecule has 0 aliphatic rings. The van der Waals surface area contributed by atoms with E-state index in [2.05, 4.69) is 69.4 Å². The fraction of sp³-hybridized carbons (Fsp3) is 0.788. The molecule has 0 radical (unpaired) electrons. The van der Waals surface area contributed by atoms with Crippen LogP contribution >= 0.6 is 0 Å². The van der Waals surface area contributed by atoms with Crippen LogP contribution in [0.3, 0.4) is 0 Å². The highest BCUT2D eigenvalue weighted by Crippen LogP contribution is 2.14. The highest BCUT2D eigenvalue weighted by Gasteiger charge is 2.19. The first-order chi connectivity index (χ1) is 28.5. The molecule has 0 rings (SSSR count). The molecule has 0 aliphatic carbocycles. The van der Waals surface area contributed by atoms with E-state index in [1.807, 2.05) is 0 Å². The minimum atomic E-state index is -0.790. The van der Waals surface area contributed by atoms with E-state index in [9.17, 15) is 14.4 Å². The lowest BCUT2D eigenvalue weighted by Gasteiger charge is -2.18. The summed E-state index contributed by atoms with van der Waals surface area (Å²) in [4.78, 5) is 37.8. The molecule has 0 fully saturated rings. The fourth-order valence-corrected chi connectivity index (χ4v) is 6.86. The van der Waals surface area contributed by atoms with Crippen LogP contribution in [0.5, 0.6) is 0 Å². The van der Waals surface area contributed by atoms with Gasteiger partial charge in [0.05, 0.1) is 0 Å². The van der Waals surface area contributed by atoms with Crippen molar-refractivity contribution in [2.45, 2.75) is 252 Å². The van der Waals surface area contributed by atoms with Crippen LogP contribution in [0.4, 0.5) is 0 Å². The molecule has 0 heterocycles. The monoisotopic (exact) mass is 813 g/mol. The van der Waals surface area contributed by atoms with Crippen molar-refractivity contribution in [2.75, 3.05) is 13.2 Å². The second kappa shape index (κ2) is 47.1. The number of esters is 3. The van der Waals surface area contributed by atoms with Gasteiger partial charge in [-0.3, -0.25) is 14.4 Å². The lowest BCUT2D eigenvalue weighted by molar-refractivity contribution is -0.167. The van der Waals surface area contributed by atoms with Crippen molar-refractivity contribution in [3.8, 4) is 0 Å². The number of carbonyl (C=O) groups is 3. The molecule has 1 unspecified atom stereocenters. The molecule has 0 aromatic rings. The van der Waals surface area contributed by atoms with E-state index in [1.165, 1.54) is 128 Å². The van der Waals surface area contributed by atoms with Gasteiger partial charge in [-0.25, -0.2) is 0 Å². The number of rotatable bonds is 44. The molecule has 6 nitrogen and oxygen atoms in total. The highest BCUT2D eigenvalue weighted by molar-refractivity contribution is 5.71. The third kappa shape index (κ3) is 44.5. The zero-order valence-electron chi connectivity index (χ0n) is 38.3. The molecule has 6 heteroatoms. The van der Waals surface area contributed by atoms with Gasteiger partial charge in [0.25, 0.3) is 0 Å². The van der Waals surface area contributed by atoms with E-state index in [1.54, 1.807) is 0 Å². The van der Waals surface area contributed by atoms with Gasteiger partial charge in [0.15, 0.2) is 6.10 Å². The first kappa shape index (κ1) is 55.4. The van der Waals surface area contributed by atoms with Crippen LogP contribution in [0, 0.1) is 0 Å². The summed E-state index contributed by atoms with van der Waals surface area (Å²) in [6.45, 7) is 6.48. The molecular weight excluding hydrogens is 721 g/mol. The van der Waals surface area contributed by atoms with Crippen molar-refractivity contribution >= 4 is 17.9 Å². The smallest absolute Gasteiger partial charge is 0.306 e. The number of hydrogen-bond acceptors (Lipinski definition) is 6. The molecule has 0 N–H and O–H groups in total. The lowest BCUT2D eigenvalue weighted by Crippen LogP contribution is -2.30. The van der Waals surface area contributed by atoms with Crippen molar-refractivity contribution < 1.29 is 28.6 Å². The molecule has 58 heavy (non-hydrogen) atoms. The normalized spacial score (nSPS) is 12.4. The van der Waals surface area contributed by atoms with E-state index < -0.39 is 6.10 Å². The average molecular weight is 813 g/mol. The van der Waals surface area contributed by atoms with Gasteiger partial charge in [0.1, 0.15) is 13.2 Å². The van der Waals surface area contributed by atoms with Gasteiger partial charge in [-0.15, -0.1) is 0 Å². The lowest BCUT2D eigenvalue weighted by atomic mass is 10.1. The van der Waals surface area contributed by atoms with Crippen LogP contribution in [-0.4, -0.2) is 37.2 Å². The predicted octanol–water partition coefficient (Wildman–Crippen LogP) is 15.9. The summed E-state index contributed by atoms with van der Waals surface area (Å²) >= 11 is 0. The maximum absolute atomic E-state index is 12.7. The van der Waals surface area contributed by atoms with Gasteiger partial charge in [-0.2, -0.15) is 0 Å². The zero-order valence-corrected chi connectivity index (χ0v) is 38.3. The van der Waals surface area contributed by atoms with Crippen LogP contribution in [0.25, 0.3) is 0 Å². The fourth-order valence-electron chi connectivity index (χ4n) is 6.86. The Morgan fingerprint density at radius 3 is 1.10 bits per heavy atom. The summed E-state index contributed by atoms with van der Waals surface area (Å²) in [6.07, 6.45) is 55.3. The van der Waals surface area contributed by atoms with Gasteiger partial charge < -0.3 is 14.2 Å².